The Bertz CT molecular complexity index is 1070. The van der Waals surface area contributed by atoms with Gasteiger partial charge in [0.05, 0.1) is 33.3 Å². The number of hydrogen-bond donors (Lipinski definition) is 1. The first kappa shape index (κ1) is 21.3. The van der Waals surface area contributed by atoms with E-state index in [-0.39, 0.29) is 21.0 Å². The number of rotatable bonds is 6. The Morgan fingerprint density at radius 1 is 1.21 bits per heavy atom. The van der Waals surface area contributed by atoms with Gasteiger partial charge in [-0.2, -0.15) is 4.28 Å². The third kappa shape index (κ3) is 5.36. The van der Waals surface area contributed by atoms with Crippen molar-refractivity contribution in [3.8, 4) is 0 Å². The quantitative estimate of drug-likeness (QED) is 0.207. The molecule has 0 aliphatic rings. The van der Waals surface area contributed by atoms with Crippen molar-refractivity contribution in [3.63, 3.8) is 0 Å². The van der Waals surface area contributed by atoms with Crippen molar-refractivity contribution in [2.75, 3.05) is 12.1 Å². The van der Waals surface area contributed by atoms with Crippen LogP contribution in [-0.2, 0) is 4.28 Å². The highest BCUT2D eigenvalue weighted by Gasteiger charge is 2.15. The summed E-state index contributed by atoms with van der Waals surface area (Å²) in [6.45, 7) is 0. The number of aliphatic hydroxyl groups is 1. The molecule has 29 heavy (non-hydrogen) atoms. The van der Waals surface area contributed by atoms with E-state index < -0.39 is 11.6 Å². The minimum atomic E-state index is -0.617. The Balaban J connectivity index is 1.81. The summed E-state index contributed by atoms with van der Waals surface area (Å²) in [6, 6.07) is 9.52. The minimum absolute atomic E-state index is 0.0208. The fourth-order valence-corrected chi connectivity index (χ4v) is 3.36. The Kier molecular flexibility index (Phi) is 6.92. The molecule has 0 radical (unpaired) electrons. The molecule has 0 saturated carbocycles. The molecule has 0 atom stereocenters. The van der Waals surface area contributed by atoms with Crippen LogP contribution in [0.5, 0.6) is 0 Å². The topological polar surface area (TPSA) is 58.5 Å². The van der Waals surface area contributed by atoms with Crippen LogP contribution in [0.1, 0.15) is 11.3 Å². The van der Waals surface area contributed by atoms with Crippen molar-refractivity contribution in [2.45, 2.75) is 4.90 Å². The smallest absolute Gasteiger partial charge is 0.222 e. The van der Waals surface area contributed by atoms with Crippen molar-refractivity contribution >= 4 is 52.8 Å². The molecule has 0 spiro atoms. The van der Waals surface area contributed by atoms with E-state index in [2.05, 4.69) is 9.97 Å². The summed E-state index contributed by atoms with van der Waals surface area (Å²) in [5, 5.41) is 11.9. The van der Waals surface area contributed by atoms with E-state index in [4.69, 9.17) is 27.5 Å². The largest absolute Gasteiger partial charge is 0.507 e. The second kappa shape index (κ2) is 9.41. The van der Waals surface area contributed by atoms with Crippen LogP contribution in [0.25, 0.3) is 11.8 Å². The average Bonchev–Trinajstić information content (AvgIpc) is 2.68. The normalized spacial score (nSPS) is 11.6. The fraction of sp³-hybridized carbons (Fsp3) is 0.0526. The Morgan fingerprint density at radius 3 is 2.76 bits per heavy atom. The molecule has 10 heteroatoms. The summed E-state index contributed by atoms with van der Waals surface area (Å²) >= 11 is 12.8. The van der Waals surface area contributed by atoms with E-state index in [1.165, 1.54) is 17.3 Å². The first-order valence-corrected chi connectivity index (χ1v) is 9.56. The molecular formula is C19H13Cl2F2N3O2S. The van der Waals surface area contributed by atoms with Gasteiger partial charge in [-0.3, -0.25) is 0 Å². The maximum Gasteiger partial charge on any atom is 0.222 e. The number of benzene rings is 2. The van der Waals surface area contributed by atoms with Gasteiger partial charge in [-0.15, -0.1) is 0 Å². The molecule has 0 fully saturated rings. The van der Waals surface area contributed by atoms with Crippen LogP contribution in [0, 0.1) is 11.6 Å². The zero-order chi connectivity index (χ0) is 21.0. The number of nitrogens with zero attached hydrogens (tertiary/aromatic N) is 3. The summed E-state index contributed by atoms with van der Waals surface area (Å²) < 4.78 is 32.4. The van der Waals surface area contributed by atoms with Gasteiger partial charge in [0.2, 0.25) is 5.28 Å². The molecule has 150 valence electrons. The lowest BCUT2D eigenvalue weighted by Gasteiger charge is -2.20. The number of halogens is 4. The molecule has 0 saturated heterocycles. The first-order chi connectivity index (χ1) is 13.8. The summed E-state index contributed by atoms with van der Waals surface area (Å²) in [7, 11) is 1.54. The van der Waals surface area contributed by atoms with Crippen molar-refractivity contribution in [1.29, 1.82) is 0 Å². The van der Waals surface area contributed by atoms with Gasteiger partial charge in [0.1, 0.15) is 17.4 Å². The molecular weight excluding hydrogens is 443 g/mol. The highest BCUT2D eigenvalue weighted by atomic mass is 35.5. The SMILES string of the molecule is CN(OSc1cc(F)ccc1F)c1cccc(/C(O)=C\c2ccnc(Cl)n2)c1Cl. The van der Waals surface area contributed by atoms with Gasteiger partial charge in [0, 0.05) is 24.9 Å². The van der Waals surface area contributed by atoms with Gasteiger partial charge in [-0.05, 0) is 48.0 Å². The predicted octanol–water partition coefficient (Wildman–Crippen LogP) is 6.19. The Labute approximate surface area is 179 Å². The third-order valence-corrected chi connectivity index (χ3v) is 5.03. The van der Waals surface area contributed by atoms with E-state index in [0.29, 0.717) is 29.0 Å². The van der Waals surface area contributed by atoms with Gasteiger partial charge in [-0.25, -0.2) is 23.8 Å². The number of anilines is 1. The zero-order valence-electron chi connectivity index (χ0n) is 14.8. The lowest BCUT2D eigenvalue weighted by molar-refractivity contribution is 0.357. The van der Waals surface area contributed by atoms with Crippen LogP contribution in [0.4, 0.5) is 14.5 Å². The molecule has 5 nitrogen and oxygen atoms in total. The van der Waals surface area contributed by atoms with Gasteiger partial charge in [-0.1, -0.05) is 17.7 Å². The predicted molar refractivity (Wildman–Crippen MR) is 111 cm³/mol. The molecule has 0 aliphatic carbocycles. The lowest BCUT2D eigenvalue weighted by atomic mass is 10.1. The second-order valence-corrected chi connectivity index (χ2v) is 7.12. The van der Waals surface area contributed by atoms with E-state index in [9.17, 15) is 13.9 Å². The van der Waals surface area contributed by atoms with Crippen molar-refractivity contribution < 1.29 is 18.2 Å². The molecule has 3 aromatic rings. The molecule has 1 heterocycles. The Morgan fingerprint density at radius 2 is 2.00 bits per heavy atom. The highest BCUT2D eigenvalue weighted by Crippen LogP contribution is 2.35. The maximum atomic E-state index is 13.7. The average molecular weight is 456 g/mol. The number of hydrogen-bond acceptors (Lipinski definition) is 6. The highest BCUT2D eigenvalue weighted by molar-refractivity contribution is 7.94. The molecule has 0 aliphatic heterocycles. The molecule has 1 aromatic heterocycles. The molecule has 0 unspecified atom stereocenters. The number of aliphatic hydroxyl groups excluding tert-OH is 1. The fourth-order valence-electron chi connectivity index (χ4n) is 2.28. The van der Waals surface area contributed by atoms with Crippen molar-refractivity contribution in [2.24, 2.45) is 0 Å². The third-order valence-electron chi connectivity index (χ3n) is 3.66. The monoisotopic (exact) mass is 455 g/mol. The molecule has 0 bridgehead atoms. The summed E-state index contributed by atoms with van der Waals surface area (Å²) in [6.07, 6.45) is 2.84. The lowest BCUT2D eigenvalue weighted by Crippen LogP contribution is -2.14. The summed E-state index contributed by atoms with van der Waals surface area (Å²) in [5.74, 6) is -1.35. The molecule has 0 amide bonds. The summed E-state index contributed by atoms with van der Waals surface area (Å²) in [5.41, 5.74) is 1.11. The number of aromatic nitrogens is 2. The molecule has 3 rings (SSSR count). The van der Waals surface area contributed by atoms with Crippen LogP contribution < -0.4 is 5.06 Å². The van der Waals surface area contributed by atoms with E-state index in [1.54, 1.807) is 31.3 Å². The van der Waals surface area contributed by atoms with Crippen LogP contribution in [0.2, 0.25) is 10.3 Å². The Hall–Kier alpha value is -2.39. The van der Waals surface area contributed by atoms with Crippen molar-refractivity contribution in [3.05, 3.63) is 81.9 Å². The van der Waals surface area contributed by atoms with Gasteiger partial charge >= 0.3 is 0 Å². The van der Waals surface area contributed by atoms with E-state index in [1.807, 2.05) is 0 Å². The maximum absolute atomic E-state index is 13.7. The second-order valence-electron chi connectivity index (χ2n) is 5.65. The molecule has 1 N–H and O–H groups in total. The van der Waals surface area contributed by atoms with Gasteiger partial charge < -0.3 is 5.11 Å². The molecule has 2 aromatic carbocycles. The minimum Gasteiger partial charge on any atom is -0.507 e. The van der Waals surface area contributed by atoms with Crippen molar-refractivity contribution in [1.82, 2.24) is 9.97 Å². The van der Waals surface area contributed by atoms with Gasteiger partial charge in [0.25, 0.3) is 0 Å². The number of hydroxylamine groups is 1. The van der Waals surface area contributed by atoms with Gasteiger partial charge in [0.15, 0.2) is 0 Å². The van der Waals surface area contributed by atoms with Crippen LogP contribution in [0.3, 0.4) is 0 Å². The first-order valence-electron chi connectivity index (χ1n) is 8.06. The summed E-state index contributed by atoms with van der Waals surface area (Å²) in [4.78, 5) is 7.73. The van der Waals surface area contributed by atoms with Crippen LogP contribution in [0.15, 0.2) is 53.6 Å². The van der Waals surface area contributed by atoms with Crippen LogP contribution >= 0.6 is 35.2 Å². The van der Waals surface area contributed by atoms with E-state index >= 15 is 0 Å². The van der Waals surface area contributed by atoms with E-state index in [0.717, 1.165) is 18.2 Å². The van der Waals surface area contributed by atoms with Crippen LogP contribution in [-0.4, -0.2) is 22.1 Å². The zero-order valence-corrected chi connectivity index (χ0v) is 17.1. The standard InChI is InChI=1S/C19H13Cl2F2N3O2S/c1-26(28-29-17-9-11(22)5-6-14(17)23)15-4-2-3-13(18(15)20)16(27)10-12-7-8-24-19(21)25-12/h2-10,27H,1H3/b16-10+.